The normalized spacial score (nSPS) is 15.2. The Hall–Kier alpha value is -2.48. The van der Waals surface area contributed by atoms with Crippen LogP contribution >= 0.6 is 22.9 Å². The molecule has 0 spiro atoms. The molecule has 2 aromatic heterocycles. The number of carbonyl (C=O) groups excluding carboxylic acids is 1. The second-order valence-corrected chi connectivity index (χ2v) is 10.4. The average Bonchev–Trinajstić information content (AvgIpc) is 3.30. The maximum atomic E-state index is 13.6. The first kappa shape index (κ1) is 22.3. The fraction of sp³-hybridized carbons (Fsp3) is 0.360. The Bertz CT molecular complexity index is 1310. The van der Waals surface area contributed by atoms with E-state index < -0.39 is 0 Å². The van der Waals surface area contributed by atoms with Crippen molar-refractivity contribution in [1.29, 1.82) is 0 Å². The second kappa shape index (κ2) is 9.05. The third kappa shape index (κ3) is 4.50. The van der Waals surface area contributed by atoms with Crippen LogP contribution in [0.5, 0.6) is 0 Å². The molecule has 0 aliphatic carbocycles. The molecule has 3 heterocycles. The van der Waals surface area contributed by atoms with Gasteiger partial charge in [-0.3, -0.25) is 14.1 Å². The lowest BCUT2D eigenvalue weighted by atomic mass is 10.1. The number of hydrogen-bond donors (Lipinski definition) is 0. The van der Waals surface area contributed by atoms with Crippen molar-refractivity contribution in [3.63, 3.8) is 0 Å². The summed E-state index contributed by atoms with van der Waals surface area (Å²) < 4.78 is 16.9. The summed E-state index contributed by atoms with van der Waals surface area (Å²) in [7, 11) is 0. The summed E-state index contributed by atoms with van der Waals surface area (Å²) in [6.07, 6.45) is 0.599. The summed E-state index contributed by atoms with van der Waals surface area (Å²) in [5.41, 5.74) is 3.92. The standard InChI is InChI=1S/C25H26ClFN4OS/c1-16(2)13-23(32)30-11-9-29(10-12-30)15-21-24(17-3-6-19(27)7-4-17)28-25-31(21)20-8-5-18(26)14-22(20)33-25/h3-8,14,16H,9-13,15H2,1-2H3. The number of aromatic nitrogens is 2. The third-order valence-electron chi connectivity index (χ3n) is 6.10. The van der Waals surface area contributed by atoms with Crippen molar-refractivity contribution in [2.45, 2.75) is 26.8 Å². The lowest BCUT2D eigenvalue weighted by molar-refractivity contribution is -0.133. The molecule has 0 radical (unpaired) electrons. The molecule has 8 heteroatoms. The van der Waals surface area contributed by atoms with Gasteiger partial charge in [-0.05, 0) is 48.4 Å². The molecule has 0 saturated carbocycles. The van der Waals surface area contributed by atoms with Crippen molar-refractivity contribution in [2.24, 2.45) is 5.92 Å². The Balaban J connectivity index is 1.48. The summed E-state index contributed by atoms with van der Waals surface area (Å²) >= 11 is 7.82. The van der Waals surface area contributed by atoms with E-state index in [1.807, 2.05) is 23.1 Å². The number of thiazole rings is 1. The average molecular weight is 485 g/mol. The summed E-state index contributed by atoms with van der Waals surface area (Å²) in [5, 5.41) is 0.703. The minimum atomic E-state index is -0.261. The molecule has 1 amide bonds. The van der Waals surface area contributed by atoms with Gasteiger partial charge in [0.05, 0.1) is 21.6 Å². The molecule has 0 N–H and O–H groups in total. The zero-order valence-electron chi connectivity index (χ0n) is 18.7. The van der Waals surface area contributed by atoms with E-state index in [0.717, 1.165) is 58.3 Å². The first-order chi connectivity index (χ1) is 15.9. The van der Waals surface area contributed by atoms with Gasteiger partial charge < -0.3 is 4.90 Å². The van der Waals surface area contributed by atoms with E-state index in [-0.39, 0.29) is 11.7 Å². The van der Waals surface area contributed by atoms with Crippen LogP contribution in [-0.2, 0) is 11.3 Å². The van der Waals surface area contributed by atoms with Gasteiger partial charge in [0.25, 0.3) is 0 Å². The van der Waals surface area contributed by atoms with E-state index in [4.69, 9.17) is 16.6 Å². The van der Waals surface area contributed by atoms with E-state index in [9.17, 15) is 9.18 Å². The van der Waals surface area contributed by atoms with Crippen molar-refractivity contribution in [1.82, 2.24) is 19.2 Å². The van der Waals surface area contributed by atoms with Crippen LogP contribution in [0.15, 0.2) is 42.5 Å². The van der Waals surface area contributed by atoms with Crippen LogP contribution in [0.2, 0.25) is 5.02 Å². The Morgan fingerprint density at radius 1 is 1.12 bits per heavy atom. The second-order valence-electron chi connectivity index (χ2n) is 9.00. The fourth-order valence-electron chi connectivity index (χ4n) is 4.43. The predicted octanol–water partition coefficient (Wildman–Crippen LogP) is 5.70. The quantitative estimate of drug-likeness (QED) is 0.365. The minimum Gasteiger partial charge on any atom is -0.340 e. The maximum Gasteiger partial charge on any atom is 0.222 e. The van der Waals surface area contributed by atoms with E-state index in [0.29, 0.717) is 23.9 Å². The number of imidazole rings is 1. The third-order valence-corrected chi connectivity index (χ3v) is 7.34. The van der Waals surface area contributed by atoms with E-state index >= 15 is 0 Å². The summed E-state index contributed by atoms with van der Waals surface area (Å²) in [6.45, 7) is 7.96. The number of rotatable bonds is 5. The Morgan fingerprint density at radius 2 is 1.85 bits per heavy atom. The molecule has 1 aliphatic rings. The van der Waals surface area contributed by atoms with Crippen molar-refractivity contribution < 1.29 is 9.18 Å². The van der Waals surface area contributed by atoms with Crippen molar-refractivity contribution in [3.8, 4) is 11.3 Å². The molecular weight excluding hydrogens is 459 g/mol. The maximum absolute atomic E-state index is 13.6. The number of fused-ring (bicyclic) bond motifs is 3. The highest BCUT2D eigenvalue weighted by Crippen LogP contribution is 2.35. The molecule has 2 aromatic carbocycles. The van der Waals surface area contributed by atoms with Crippen molar-refractivity contribution >= 4 is 44.0 Å². The zero-order chi connectivity index (χ0) is 23.1. The number of hydrogen-bond acceptors (Lipinski definition) is 4. The van der Waals surface area contributed by atoms with Gasteiger partial charge in [0.1, 0.15) is 5.82 Å². The predicted molar refractivity (Wildman–Crippen MR) is 132 cm³/mol. The van der Waals surface area contributed by atoms with E-state index in [2.05, 4.69) is 23.1 Å². The molecule has 5 nitrogen and oxygen atoms in total. The molecule has 1 aliphatic heterocycles. The fourth-order valence-corrected chi connectivity index (χ4v) is 5.75. The highest BCUT2D eigenvalue weighted by atomic mass is 35.5. The largest absolute Gasteiger partial charge is 0.340 e. The summed E-state index contributed by atoms with van der Waals surface area (Å²) in [6, 6.07) is 12.4. The number of benzene rings is 2. The molecule has 5 rings (SSSR count). The number of piperazine rings is 1. The van der Waals surface area contributed by atoms with Gasteiger partial charge in [-0.25, -0.2) is 9.37 Å². The lowest BCUT2D eigenvalue weighted by Crippen LogP contribution is -2.48. The topological polar surface area (TPSA) is 40.9 Å². The molecule has 0 unspecified atom stereocenters. The van der Waals surface area contributed by atoms with Gasteiger partial charge in [-0.2, -0.15) is 0 Å². The Morgan fingerprint density at radius 3 is 2.55 bits per heavy atom. The molecule has 4 aromatic rings. The highest BCUT2D eigenvalue weighted by Gasteiger charge is 2.25. The van der Waals surface area contributed by atoms with Gasteiger partial charge >= 0.3 is 0 Å². The first-order valence-corrected chi connectivity index (χ1v) is 12.4. The number of halogens is 2. The Labute approximate surface area is 201 Å². The van der Waals surface area contributed by atoms with E-state index in [1.165, 1.54) is 12.1 Å². The van der Waals surface area contributed by atoms with Crippen molar-refractivity contribution in [2.75, 3.05) is 26.2 Å². The van der Waals surface area contributed by atoms with Gasteiger partial charge in [-0.15, -0.1) is 0 Å². The molecule has 1 saturated heterocycles. The number of nitrogens with zero attached hydrogens (tertiary/aromatic N) is 4. The van der Waals surface area contributed by atoms with Crippen LogP contribution in [0.25, 0.3) is 26.4 Å². The van der Waals surface area contributed by atoms with Crippen LogP contribution in [0.4, 0.5) is 4.39 Å². The molecule has 0 bridgehead atoms. The van der Waals surface area contributed by atoms with Crippen LogP contribution in [0.3, 0.4) is 0 Å². The molecule has 1 fully saturated rings. The monoisotopic (exact) mass is 484 g/mol. The minimum absolute atomic E-state index is 0.240. The Kier molecular flexibility index (Phi) is 6.12. The number of carbonyl (C=O) groups is 1. The van der Waals surface area contributed by atoms with Crippen LogP contribution < -0.4 is 0 Å². The lowest BCUT2D eigenvalue weighted by Gasteiger charge is -2.35. The molecule has 0 atom stereocenters. The van der Waals surface area contributed by atoms with Gasteiger partial charge in [0.15, 0.2) is 4.96 Å². The molecular formula is C25H26ClFN4OS. The first-order valence-electron chi connectivity index (χ1n) is 11.2. The zero-order valence-corrected chi connectivity index (χ0v) is 20.3. The van der Waals surface area contributed by atoms with Crippen LogP contribution in [0.1, 0.15) is 26.0 Å². The van der Waals surface area contributed by atoms with E-state index in [1.54, 1.807) is 23.5 Å². The number of amides is 1. The van der Waals surface area contributed by atoms with Crippen LogP contribution in [-0.4, -0.2) is 51.3 Å². The van der Waals surface area contributed by atoms with Gasteiger partial charge in [0, 0.05) is 49.7 Å². The van der Waals surface area contributed by atoms with Gasteiger partial charge in [-0.1, -0.05) is 36.8 Å². The highest BCUT2D eigenvalue weighted by molar-refractivity contribution is 7.23. The van der Waals surface area contributed by atoms with Crippen molar-refractivity contribution in [3.05, 3.63) is 59.0 Å². The summed E-state index contributed by atoms with van der Waals surface area (Å²) in [5.74, 6) is 0.349. The smallest absolute Gasteiger partial charge is 0.222 e. The van der Waals surface area contributed by atoms with Gasteiger partial charge in [0.2, 0.25) is 5.91 Å². The molecule has 172 valence electrons. The van der Waals surface area contributed by atoms with Crippen LogP contribution in [0, 0.1) is 11.7 Å². The SMILES string of the molecule is CC(C)CC(=O)N1CCN(Cc2c(-c3ccc(F)cc3)nc3sc4cc(Cl)ccc4n23)CC1. The summed E-state index contributed by atoms with van der Waals surface area (Å²) in [4.78, 5) is 22.7. The molecule has 33 heavy (non-hydrogen) atoms.